The Kier molecular flexibility index (Phi) is 22.1. The van der Waals surface area contributed by atoms with E-state index in [2.05, 4.69) is 23.3 Å². The molecule has 0 aromatic carbocycles. The average molecular weight is 830 g/mol. The van der Waals surface area contributed by atoms with Gasteiger partial charge in [-0.25, -0.2) is 4.39 Å². The molecule has 3 saturated heterocycles. The van der Waals surface area contributed by atoms with E-state index in [4.69, 9.17) is 40.3 Å². The lowest BCUT2D eigenvalue weighted by molar-refractivity contribution is -0.274. The minimum Gasteiger partial charge on any atom is -0.394 e. The van der Waals surface area contributed by atoms with Gasteiger partial charge in [-0.05, 0) is 70.9 Å². The van der Waals surface area contributed by atoms with E-state index in [1.807, 2.05) is 13.8 Å². The molecule has 19 heteroatoms. The van der Waals surface area contributed by atoms with Crippen LogP contribution in [0.15, 0.2) is 0 Å². The smallest absolute Gasteiger partial charge is 0.223 e. The maximum absolute atomic E-state index is 14.1. The molecule has 2 saturated carbocycles. The Morgan fingerprint density at radius 1 is 1.04 bits per heavy atom. The maximum atomic E-state index is 14.1. The molecule has 0 spiro atoms. The molecule has 5 rings (SSSR count). The summed E-state index contributed by atoms with van der Waals surface area (Å²) in [6.45, 7) is 6.86. The normalized spacial score (nSPS) is 38.6. The molecular weight excluding hydrogens is 757 g/mol. The van der Waals surface area contributed by atoms with Gasteiger partial charge in [-0.1, -0.05) is 27.2 Å². The molecule has 3 aliphatic heterocycles. The average Bonchev–Trinajstić information content (AvgIpc) is 3.58. The third-order valence-electron chi connectivity index (χ3n) is 11.7. The first-order valence-electron chi connectivity index (χ1n) is 20.7. The summed E-state index contributed by atoms with van der Waals surface area (Å²) in [5.41, 5.74) is 24.0. The minimum atomic E-state index is -1.68. The first kappa shape index (κ1) is 49.5. The number of rotatable bonds is 18. The van der Waals surface area contributed by atoms with Crippen molar-refractivity contribution in [3.63, 3.8) is 0 Å². The van der Waals surface area contributed by atoms with Gasteiger partial charge in [0.15, 0.2) is 6.29 Å². The lowest BCUT2D eigenvalue weighted by atomic mass is 9.53. The van der Waals surface area contributed by atoms with Crippen molar-refractivity contribution in [3.8, 4) is 0 Å². The molecule has 2 aliphatic carbocycles. The van der Waals surface area contributed by atoms with E-state index >= 15 is 0 Å². The van der Waals surface area contributed by atoms with Gasteiger partial charge >= 0.3 is 0 Å². The molecule has 56 heavy (non-hydrogen) atoms. The van der Waals surface area contributed by atoms with Crippen LogP contribution in [0.4, 0.5) is 8.87 Å². The molecule has 0 bridgehead atoms. The number of hydrogen-bond acceptors (Lipinski definition) is 16. The Hall–Kier alpha value is -0.880. The molecule has 3 heterocycles. The second kappa shape index (κ2) is 25.0. The number of aliphatic hydroxyl groups excluding tert-OH is 3. The highest BCUT2D eigenvalue weighted by atomic mass is 32.2. The van der Waals surface area contributed by atoms with Gasteiger partial charge in [0.25, 0.3) is 0 Å². The summed E-state index contributed by atoms with van der Waals surface area (Å²) < 4.78 is 58.4. The zero-order chi connectivity index (χ0) is 41.4. The fourth-order valence-corrected chi connectivity index (χ4v) is 9.75. The van der Waals surface area contributed by atoms with Crippen LogP contribution in [-0.4, -0.2) is 146 Å². The number of halogens is 2. The predicted molar refractivity (Wildman–Crippen MR) is 210 cm³/mol. The van der Waals surface area contributed by atoms with E-state index in [0.29, 0.717) is 19.3 Å². The van der Waals surface area contributed by atoms with E-state index in [0.717, 1.165) is 58.0 Å². The molecule has 16 nitrogen and oxygen atoms in total. The van der Waals surface area contributed by atoms with Gasteiger partial charge in [0.2, 0.25) is 5.91 Å². The summed E-state index contributed by atoms with van der Waals surface area (Å²) in [7, 11) is 1.50. The topological polar surface area (TPSA) is 264 Å². The Morgan fingerprint density at radius 3 is 2.39 bits per heavy atom. The first-order chi connectivity index (χ1) is 27.0. The van der Waals surface area contributed by atoms with Crippen LogP contribution in [0.2, 0.25) is 0 Å². The molecule has 8 unspecified atom stereocenters. The predicted octanol–water partition coefficient (Wildman–Crippen LogP) is 0.378. The van der Waals surface area contributed by atoms with Crippen LogP contribution in [0.5, 0.6) is 0 Å². The number of carbonyl (C=O) groups excluding carboxylic acids is 1. The van der Waals surface area contributed by atoms with Gasteiger partial charge in [-0.2, -0.15) is 5.54 Å². The van der Waals surface area contributed by atoms with Crippen molar-refractivity contribution in [1.29, 1.82) is 0 Å². The van der Waals surface area contributed by atoms with Crippen molar-refractivity contribution in [2.24, 2.45) is 34.3 Å². The Labute approximate surface area is 336 Å². The number of hydrogen-bond donors (Lipinski definition) is 10. The number of aliphatic hydroxyl groups is 3. The van der Waals surface area contributed by atoms with Crippen LogP contribution in [0, 0.1) is 11.3 Å². The Balaban J connectivity index is 0.00000204. The number of ether oxygens (including phenoxy) is 4. The van der Waals surface area contributed by atoms with Gasteiger partial charge in [0.05, 0.1) is 50.0 Å². The first-order valence-corrected chi connectivity index (χ1v) is 21.5. The van der Waals surface area contributed by atoms with Crippen molar-refractivity contribution in [2.45, 2.75) is 176 Å². The van der Waals surface area contributed by atoms with Gasteiger partial charge in [-0.15, -0.1) is 4.48 Å². The van der Waals surface area contributed by atoms with Crippen molar-refractivity contribution in [2.75, 3.05) is 39.8 Å². The Bertz CT molecular complexity index is 1110. The van der Waals surface area contributed by atoms with E-state index in [-0.39, 0.29) is 36.7 Å². The zero-order valence-corrected chi connectivity index (χ0v) is 34.6. The summed E-state index contributed by atoms with van der Waals surface area (Å²) in [5, 5.41) is 37.7. The van der Waals surface area contributed by atoms with Crippen molar-refractivity contribution in [3.05, 3.63) is 0 Å². The maximum Gasteiger partial charge on any atom is 0.223 e. The van der Waals surface area contributed by atoms with Crippen LogP contribution < -0.4 is 39.1 Å². The van der Waals surface area contributed by atoms with Crippen LogP contribution >= 0.6 is 12.0 Å². The quantitative estimate of drug-likeness (QED) is 0.0509. The van der Waals surface area contributed by atoms with Gasteiger partial charge in [-0.3, -0.25) is 4.79 Å². The van der Waals surface area contributed by atoms with Crippen molar-refractivity contribution < 1.29 is 52.1 Å². The van der Waals surface area contributed by atoms with Crippen molar-refractivity contribution >= 4 is 17.9 Å². The zero-order valence-electron chi connectivity index (χ0n) is 33.7. The lowest BCUT2D eigenvalue weighted by Crippen LogP contribution is -2.63. The second-order valence-corrected chi connectivity index (χ2v) is 16.2. The largest absolute Gasteiger partial charge is 0.394 e. The third kappa shape index (κ3) is 12.8. The van der Waals surface area contributed by atoms with Crippen LogP contribution in [0.1, 0.15) is 91.4 Å². The highest BCUT2D eigenvalue weighted by Gasteiger charge is 2.60. The van der Waals surface area contributed by atoms with Crippen LogP contribution in [0.25, 0.3) is 0 Å². The molecule has 0 aromatic rings. The highest BCUT2D eigenvalue weighted by molar-refractivity contribution is 7.95. The molecule has 5 fully saturated rings. The SMILES string of the molecule is CC.CCCNCC1CCC[C@@H](SO[C@@H]2C(N)CC(NC(=O)CC(F)CNF)CC2C2(C3C[C@H](O[C@H]4O[C@@H](CN)[C@@H](O)C(O)[C@H]4N)C(CO)O3)CCC2)O1.CN. The summed E-state index contributed by atoms with van der Waals surface area (Å²) >= 11 is 1.31. The lowest BCUT2D eigenvalue weighted by Gasteiger charge is -2.56. The minimum absolute atomic E-state index is 0.0544. The summed E-state index contributed by atoms with van der Waals surface area (Å²) in [6, 6.07) is -1.92. The van der Waals surface area contributed by atoms with E-state index in [1.165, 1.54) is 24.6 Å². The van der Waals surface area contributed by atoms with Crippen molar-refractivity contribution in [1.82, 2.24) is 16.2 Å². The van der Waals surface area contributed by atoms with Gasteiger partial charge in [0, 0.05) is 49.1 Å². The van der Waals surface area contributed by atoms with Crippen LogP contribution in [-0.2, 0) is 27.9 Å². The molecule has 0 aromatic heterocycles. The number of amides is 1. The molecule has 330 valence electrons. The molecule has 15 atom stereocenters. The van der Waals surface area contributed by atoms with Gasteiger partial charge in [0.1, 0.15) is 36.0 Å². The van der Waals surface area contributed by atoms with Crippen LogP contribution in [0.3, 0.4) is 0 Å². The Morgan fingerprint density at radius 2 is 1.77 bits per heavy atom. The number of nitrogens with two attached hydrogens (primary N) is 4. The monoisotopic (exact) mass is 830 g/mol. The molecule has 1 amide bonds. The molecule has 14 N–H and O–H groups in total. The molecule has 0 radical (unpaired) electrons. The highest BCUT2D eigenvalue weighted by Crippen LogP contribution is 2.58. The number of carbonyl (C=O) groups is 1. The van der Waals surface area contributed by atoms with E-state index in [9.17, 15) is 29.0 Å². The molecule has 5 aliphatic rings. The fraction of sp³-hybridized carbons (Fsp3) is 0.973. The number of nitrogens with one attached hydrogen (secondary N) is 3. The number of alkyl halides is 1. The van der Waals surface area contributed by atoms with Gasteiger partial charge < -0.3 is 72.0 Å². The van der Waals surface area contributed by atoms with E-state index < -0.39 is 91.6 Å². The second-order valence-electron chi connectivity index (χ2n) is 15.3. The third-order valence-corrected chi connectivity index (χ3v) is 12.6. The summed E-state index contributed by atoms with van der Waals surface area (Å²) in [5.74, 6) is -0.719. The summed E-state index contributed by atoms with van der Waals surface area (Å²) in [4.78, 5) is 12.8. The molecular formula is C37H73F2N7O9S. The van der Waals surface area contributed by atoms with E-state index in [1.54, 1.807) is 0 Å². The summed E-state index contributed by atoms with van der Waals surface area (Å²) in [6.07, 6.45) is -1.18. The fourth-order valence-electron chi connectivity index (χ4n) is 8.76. The standard InChI is InChI=1S/C34H62F2N6O9S.C2H6.CH5N/c1-2-9-40-16-20-5-3-6-28(47-20)52-51-32-21(11-19(12-22(32)38)42-27(44)10-18(35)15-41-36)34(7-4-8-34)26-13-23(25(17-43)48-26)49-33-29(39)31(46)30(45)24(14-37)50-33;2*1-2/h18-26,28-33,40-41,43,45-46H,2-17,37-39H2,1H3,(H,42,44);1-2H3;2H2,1H3/t18?,19?,20?,21?,22?,23-,24-,25?,26?,28+,29+,30+,31?,32-,33-;;/m0../s1.